The molecule has 0 spiro atoms. The van der Waals surface area contributed by atoms with Crippen molar-refractivity contribution in [3.63, 3.8) is 0 Å². The van der Waals surface area contributed by atoms with Crippen LogP contribution >= 0.6 is 47.1 Å². The number of guanidine groups is 1. The summed E-state index contributed by atoms with van der Waals surface area (Å²) in [5, 5.41) is 8.75. The average Bonchev–Trinajstić information content (AvgIpc) is 3.19. The Balaban J connectivity index is 0.00000364. The molecular weight excluding hydrogens is 495 g/mol. The zero-order chi connectivity index (χ0) is 18.8. The van der Waals surface area contributed by atoms with E-state index in [4.69, 9.17) is 9.47 Å². The van der Waals surface area contributed by atoms with Crippen molar-refractivity contribution >= 4 is 53.0 Å². The number of thioether (sulfide) groups is 1. The van der Waals surface area contributed by atoms with Crippen LogP contribution in [-0.2, 0) is 0 Å². The van der Waals surface area contributed by atoms with E-state index in [1.165, 1.54) is 0 Å². The standard InChI is InChI=1S/C18H26N4O2S2.HI/c1-13(15-12-14(23-3)6-7-16(15)24-4)22-17(19-2)20-8-5-10-25-18-21-9-11-26-18;/h6-7,9,11-13H,5,8,10H2,1-4H3,(H2,19,20,22);1H. The van der Waals surface area contributed by atoms with Gasteiger partial charge >= 0.3 is 0 Å². The highest BCUT2D eigenvalue weighted by Crippen LogP contribution is 2.29. The predicted octanol–water partition coefficient (Wildman–Crippen LogP) is 4.19. The maximum atomic E-state index is 5.47. The number of rotatable bonds is 9. The Bertz CT molecular complexity index is 699. The van der Waals surface area contributed by atoms with E-state index < -0.39 is 0 Å². The maximum absolute atomic E-state index is 5.47. The first kappa shape index (κ1) is 23.8. The van der Waals surface area contributed by atoms with E-state index in [2.05, 4.69) is 27.5 Å². The normalized spacial score (nSPS) is 12.1. The molecule has 0 saturated heterocycles. The van der Waals surface area contributed by atoms with Crippen LogP contribution in [0, 0.1) is 0 Å². The van der Waals surface area contributed by atoms with Crippen LogP contribution in [0.5, 0.6) is 11.5 Å². The van der Waals surface area contributed by atoms with Gasteiger partial charge in [0.05, 0.1) is 20.3 Å². The van der Waals surface area contributed by atoms with E-state index in [0.717, 1.165) is 46.1 Å². The molecule has 9 heteroatoms. The van der Waals surface area contributed by atoms with Gasteiger partial charge in [-0.15, -0.1) is 35.3 Å². The van der Waals surface area contributed by atoms with Crippen molar-refractivity contribution in [2.24, 2.45) is 4.99 Å². The van der Waals surface area contributed by atoms with Gasteiger partial charge in [-0.25, -0.2) is 4.98 Å². The van der Waals surface area contributed by atoms with E-state index in [-0.39, 0.29) is 30.0 Å². The van der Waals surface area contributed by atoms with Crippen molar-refractivity contribution in [3.05, 3.63) is 35.3 Å². The van der Waals surface area contributed by atoms with Crippen LogP contribution in [0.25, 0.3) is 0 Å². The predicted molar refractivity (Wildman–Crippen MR) is 125 cm³/mol. The van der Waals surface area contributed by atoms with E-state index in [9.17, 15) is 0 Å². The largest absolute Gasteiger partial charge is 0.497 e. The lowest BCUT2D eigenvalue weighted by Crippen LogP contribution is -2.39. The lowest BCUT2D eigenvalue weighted by molar-refractivity contribution is 0.394. The molecule has 6 nitrogen and oxygen atoms in total. The zero-order valence-corrected chi connectivity index (χ0v) is 20.0. The topological polar surface area (TPSA) is 67.8 Å². The molecule has 0 aliphatic rings. The quantitative estimate of drug-likeness (QED) is 0.169. The number of nitrogens with zero attached hydrogens (tertiary/aromatic N) is 2. The van der Waals surface area contributed by atoms with Gasteiger partial charge in [0.25, 0.3) is 0 Å². The summed E-state index contributed by atoms with van der Waals surface area (Å²) in [4.78, 5) is 8.58. The number of ether oxygens (including phenoxy) is 2. The molecule has 27 heavy (non-hydrogen) atoms. The molecule has 2 aromatic rings. The van der Waals surface area contributed by atoms with Crippen LogP contribution in [0.1, 0.15) is 24.9 Å². The molecule has 0 radical (unpaired) electrons. The van der Waals surface area contributed by atoms with Crippen LogP contribution < -0.4 is 20.1 Å². The molecule has 1 aromatic heterocycles. The fourth-order valence-corrected chi connectivity index (χ4v) is 4.02. The highest BCUT2D eigenvalue weighted by atomic mass is 127. The third-order valence-corrected chi connectivity index (χ3v) is 5.78. The Hall–Kier alpha value is -1.20. The van der Waals surface area contributed by atoms with Crippen LogP contribution in [0.15, 0.2) is 39.1 Å². The summed E-state index contributed by atoms with van der Waals surface area (Å²) >= 11 is 3.46. The molecule has 0 saturated carbocycles. The Labute approximate surface area is 186 Å². The van der Waals surface area contributed by atoms with Gasteiger partial charge in [0.15, 0.2) is 5.96 Å². The second kappa shape index (κ2) is 13.1. The zero-order valence-electron chi connectivity index (χ0n) is 16.0. The van der Waals surface area contributed by atoms with Crippen molar-refractivity contribution in [1.29, 1.82) is 0 Å². The summed E-state index contributed by atoms with van der Waals surface area (Å²) in [6.45, 7) is 2.92. The summed E-state index contributed by atoms with van der Waals surface area (Å²) in [6.07, 6.45) is 2.87. The van der Waals surface area contributed by atoms with Crippen LogP contribution in [-0.4, -0.2) is 44.5 Å². The van der Waals surface area contributed by atoms with Crippen LogP contribution in [0.2, 0.25) is 0 Å². The van der Waals surface area contributed by atoms with E-state index in [1.54, 1.807) is 44.4 Å². The Kier molecular flexibility index (Phi) is 11.5. The van der Waals surface area contributed by atoms with Gasteiger partial charge in [0, 0.05) is 36.5 Å². The van der Waals surface area contributed by atoms with Gasteiger partial charge < -0.3 is 20.1 Å². The van der Waals surface area contributed by atoms with Crippen molar-refractivity contribution < 1.29 is 9.47 Å². The van der Waals surface area contributed by atoms with Crippen LogP contribution in [0.4, 0.5) is 0 Å². The number of thiazole rings is 1. The number of hydrogen-bond acceptors (Lipinski definition) is 6. The molecule has 1 aromatic carbocycles. The van der Waals surface area contributed by atoms with Crippen LogP contribution in [0.3, 0.4) is 0 Å². The van der Waals surface area contributed by atoms with Gasteiger partial charge in [-0.1, -0.05) is 11.8 Å². The molecule has 0 amide bonds. The molecular formula is C18H27IN4O2S2. The third-order valence-electron chi connectivity index (χ3n) is 3.73. The summed E-state index contributed by atoms with van der Waals surface area (Å²) in [6, 6.07) is 5.81. The second-order valence-electron chi connectivity index (χ2n) is 5.47. The summed E-state index contributed by atoms with van der Waals surface area (Å²) in [5.74, 6) is 3.41. The summed E-state index contributed by atoms with van der Waals surface area (Å²) in [7, 11) is 5.11. The summed E-state index contributed by atoms with van der Waals surface area (Å²) < 4.78 is 11.9. The molecule has 0 aliphatic heterocycles. The molecule has 1 unspecified atom stereocenters. The lowest BCUT2D eigenvalue weighted by atomic mass is 10.1. The van der Waals surface area contributed by atoms with Gasteiger partial charge in [0.1, 0.15) is 15.8 Å². The number of halogens is 1. The SMILES string of the molecule is CN=C(NCCCSc1nccs1)NC(C)c1cc(OC)ccc1OC.I. The molecule has 1 atom stereocenters. The summed E-state index contributed by atoms with van der Waals surface area (Å²) in [5.41, 5.74) is 1.02. The number of hydrogen-bond donors (Lipinski definition) is 2. The molecule has 0 fully saturated rings. The van der Waals surface area contributed by atoms with Gasteiger partial charge in [-0.05, 0) is 31.5 Å². The molecule has 1 heterocycles. The first-order valence-electron chi connectivity index (χ1n) is 8.39. The highest BCUT2D eigenvalue weighted by molar-refractivity contribution is 14.0. The minimum atomic E-state index is 0. The molecule has 2 rings (SSSR count). The lowest BCUT2D eigenvalue weighted by Gasteiger charge is -2.20. The van der Waals surface area contributed by atoms with Gasteiger partial charge in [0.2, 0.25) is 0 Å². The number of methoxy groups -OCH3 is 2. The number of aromatic nitrogens is 1. The fourth-order valence-electron chi connectivity index (χ4n) is 2.38. The van der Waals surface area contributed by atoms with Gasteiger partial charge in [-0.3, -0.25) is 4.99 Å². The molecule has 2 N–H and O–H groups in total. The minimum Gasteiger partial charge on any atom is -0.497 e. The number of benzene rings is 1. The minimum absolute atomic E-state index is 0. The molecule has 0 aliphatic carbocycles. The van der Waals surface area contributed by atoms with E-state index >= 15 is 0 Å². The van der Waals surface area contributed by atoms with Gasteiger partial charge in [-0.2, -0.15) is 0 Å². The maximum Gasteiger partial charge on any atom is 0.191 e. The van der Waals surface area contributed by atoms with Crippen molar-refractivity contribution in [2.75, 3.05) is 33.6 Å². The average molecular weight is 522 g/mol. The first-order valence-corrected chi connectivity index (χ1v) is 10.3. The Morgan fingerprint density at radius 2 is 2.15 bits per heavy atom. The van der Waals surface area contributed by atoms with Crippen molar-refractivity contribution in [3.8, 4) is 11.5 Å². The molecule has 0 bridgehead atoms. The number of nitrogens with one attached hydrogen (secondary N) is 2. The Morgan fingerprint density at radius 3 is 2.78 bits per heavy atom. The van der Waals surface area contributed by atoms with E-state index in [0.29, 0.717) is 0 Å². The van der Waals surface area contributed by atoms with Crippen molar-refractivity contribution in [1.82, 2.24) is 15.6 Å². The molecule has 150 valence electrons. The fraction of sp³-hybridized carbons (Fsp3) is 0.444. The second-order valence-corrected chi connectivity index (χ2v) is 7.71. The van der Waals surface area contributed by atoms with Crippen molar-refractivity contribution in [2.45, 2.75) is 23.7 Å². The number of aliphatic imine (C=N–C) groups is 1. The Morgan fingerprint density at radius 1 is 1.33 bits per heavy atom. The highest BCUT2D eigenvalue weighted by Gasteiger charge is 2.14. The monoisotopic (exact) mass is 522 g/mol. The third kappa shape index (κ3) is 7.74. The smallest absolute Gasteiger partial charge is 0.191 e. The van der Waals surface area contributed by atoms with E-state index in [1.807, 2.05) is 29.8 Å². The first-order chi connectivity index (χ1) is 12.7.